The van der Waals surface area contributed by atoms with Gasteiger partial charge in [-0.3, -0.25) is 0 Å². The fraction of sp³-hybridized carbons (Fsp3) is 0.647. The van der Waals surface area contributed by atoms with Crippen molar-refractivity contribution in [3.63, 3.8) is 0 Å². The maximum atomic E-state index is 10.3. The lowest BCUT2D eigenvalue weighted by molar-refractivity contribution is 0.397. The SMILES string of the molecule is Cc1cc(C(C)(C)C)c(O)cc1CC1CCCCN1. The number of phenols is 1. The second-order valence-corrected chi connectivity index (χ2v) is 6.90. The maximum absolute atomic E-state index is 10.3. The Morgan fingerprint density at radius 2 is 2.00 bits per heavy atom. The molecule has 1 atom stereocenters. The minimum Gasteiger partial charge on any atom is -0.508 e. The molecular formula is C17H27NO. The van der Waals surface area contributed by atoms with Gasteiger partial charge in [0.25, 0.3) is 0 Å². The minimum atomic E-state index is -0.00351. The topological polar surface area (TPSA) is 32.3 Å². The van der Waals surface area contributed by atoms with Crippen LogP contribution in [0.3, 0.4) is 0 Å². The Kier molecular flexibility index (Phi) is 4.19. The van der Waals surface area contributed by atoms with Crippen molar-refractivity contribution in [1.82, 2.24) is 5.32 Å². The summed E-state index contributed by atoms with van der Waals surface area (Å²) in [4.78, 5) is 0. The summed E-state index contributed by atoms with van der Waals surface area (Å²) < 4.78 is 0. The standard InChI is InChI=1S/C17H27NO/c1-12-9-15(17(2,3)4)16(19)11-13(12)10-14-7-5-6-8-18-14/h9,11,14,18-19H,5-8,10H2,1-4H3. The van der Waals surface area contributed by atoms with E-state index in [0.717, 1.165) is 18.5 Å². The molecule has 1 aromatic carbocycles. The van der Waals surface area contributed by atoms with E-state index in [2.05, 4.69) is 39.1 Å². The second kappa shape index (κ2) is 5.54. The molecule has 0 aromatic heterocycles. The van der Waals surface area contributed by atoms with E-state index in [1.54, 1.807) is 0 Å². The Bertz CT molecular complexity index is 439. The van der Waals surface area contributed by atoms with Gasteiger partial charge in [0.1, 0.15) is 5.75 Å². The molecule has 19 heavy (non-hydrogen) atoms. The molecule has 1 unspecified atom stereocenters. The van der Waals surface area contributed by atoms with Crippen LogP contribution in [-0.4, -0.2) is 17.7 Å². The first-order valence-corrected chi connectivity index (χ1v) is 7.44. The average Bonchev–Trinajstić information content (AvgIpc) is 2.33. The third kappa shape index (κ3) is 3.50. The number of phenolic OH excluding ortho intramolecular Hbond substituents is 1. The molecule has 2 N–H and O–H groups in total. The Balaban J connectivity index is 2.20. The zero-order chi connectivity index (χ0) is 14.0. The van der Waals surface area contributed by atoms with E-state index < -0.39 is 0 Å². The highest BCUT2D eigenvalue weighted by molar-refractivity contribution is 5.45. The van der Waals surface area contributed by atoms with Gasteiger partial charge >= 0.3 is 0 Å². The number of aryl methyl sites for hydroxylation is 1. The third-order valence-electron chi connectivity index (χ3n) is 4.14. The van der Waals surface area contributed by atoms with Gasteiger partial charge in [0.05, 0.1) is 0 Å². The second-order valence-electron chi connectivity index (χ2n) is 6.90. The number of rotatable bonds is 2. The molecule has 106 valence electrons. The van der Waals surface area contributed by atoms with E-state index in [0.29, 0.717) is 11.8 Å². The number of benzene rings is 1. The van der Waals surface area contributed by atoms with Gasteiger partial charge in [-0.25, -0.2) is 0 Å². The maximum Gasteiger partial charge on any atom is 0.119 e. The number of piperidine rings is 1. The monoisotopic (exact) mass is 261 g/mol. The van der Waals surface area contributed by atoms with Crippen molar-refractivity contribution in [1.29, 1.82) is 0 Å². The molecule has 1 aliphatic rings. The number of hydrogen-bond donors (Lipinski definition) is 2. The molecule has 2 nitrogen and oxygen atoms in total. The van der Waals surface area contributed by atoms with Gasteiger partial charge in [-0.05, 0) is 60.9 Å². The first kappa shape index (κ1) is 14.4. The average molecular weight is 261 g/mol. The molecule has 0 aliphatic carbocycles. The van der Waals surface area contributed by atoms with Crippen LogP contribution in [0.5, 0.6) is 5.75 Å². The summed E-state index contributed by atoms with van der Waals surface area (Å²) in [6, 6.07) is 4.71. The highest BCUT2D eigenvalue weighted by atomic mass is 16.3. The molecule has 1 aromatic rings. The first-order valence-electron chi connectivity index (χ1n) is 7.44. The summed E-state index contributed by atoms with van der Waals surface area (Å²) in [5.41, 5.74) is 3.63. The van der Waals surface area contributed by atoms with Crippen LogP contribution in [0.1, 0.15) is 56.7 Å². The minimum absolute atomic E-state index is 0.00351. The third-order valence-corrected chi connectivity index (χ3v) is 4.14. The molecule has 0 bridgehead atoms. The van der Waals surface area contributed by atoms with Crippen molar-refractivity contribution < 1.29 is 5.11 Å². The molecule has 0 spiro atoms. The molecule has 2 rings (SSSR count). The van der Waals surface area contributed by atoms with Crippen molar-refractivity contribution in [3.05, 3.63) is 28.8 Å². The zero-order valence-electron chi connectivity index (χ0n) is 12.7. The highest BCUT2D eigenvalue weighted by Gasteiger charge is 2.21. The van der Waals surface area contributed by atoms with Crippen LogP contribution in [0.4, 0.5) is 0 Å². The van der Waals surface area contributed by atoms with Crippen molar-refractivity contribution >= 4 is 0 Å². The smallest absolute Gasteiger partial charge is 0.119 e. The summed E-state index contributed by atoms with van der Waals surface area (Å²) >= 11 is 0. The van der Waals surface area contributed by atoms with Gasteiger partial charge in [-0.2, -0.15) is 0 Å². The van der Waals surface area contributed by atoms with Crippen LogP contribution < -0.4 is 5.32 Å². The Morgan fingerprint density at radius 3 is 2.58 bits per heavy atom. The van der Waals surface area contributed by atoms with Crippen molar-refractivity contribution in [3.8, 4) is 5.75 Å². The summed E-state index contributed by atoms with van der Waals surface area (Å²) in [5, 5.41) is 13.8. The van der Waals surface area contributed by atoms with E-state index in [1.165, 1.54) is 30.4 Å². The predicted molar refractivity (Wildman–Crippen MR) is 80.9 cm³/mol. The normalized spacial score (nSPS) is 20.5. The quantitative estimate of drug-likeness (QED) is 0.851. The largest absolute Gasteiger partial charge is 0.508 e. The zero-order valence-corrected chi connectivity index (χ0v) is 12.7. The molecular weight excluding hydrogens is 234 g/mol. The van der Waals surface area contributed by atoms with Crippen LogP contribution in [0.25, 0.3) is 0 Å². The van der Waals surface area contributed by atoms with Crippen molar-refractivity contribution in [2.75, 3.05) is 6.54 Å². The summed E-state index contributed by atoms with van der Waals surface area (Å²) in [7, 11) is 0. The number of hydrogen-bond acceptors (Lipinski definition) is 2. The summed E-state index contributed by atoms with van der Waals surface area (Å²) in [6.07, 6.45) is 4.90. The lowest BCUT2D eigenvalue weighted by Gasteiger charge is -2.26. The van der Waals surface area contributed by atoms with Gasteiger partial charge in [-0.15, -0.1) is 0 Å². The van der Waals surface area contributed by atoms with E-state index in [1.807, 2.05) is 6.07 Å². The lowest BCUT2D eigenvalue weighted by atomic mass is 9.83. The van der Waals surface area contributed by atoms with Gasteiger partial charge in [0.2, 0.25) is 0 Å². The van der Waals surface area contributed by atoms with Crippen LogP contribution in [0.15, 0.2) is 12.1 Å². The Hall–Kier alpha value is -1.02. The molecule has 0 radical (unpaired) electrons. The Labute approximate surface area is 117 Å². The first-order chi connectivity index (χ1) is 8.88. The molecule has 0 amide bonds. The molecule has 1 fully saturated rings. The van der Waals surface area contributed by atoms with Crippen LogP contribution >= 0.6 is 0 Å². The van der Waals surface area contributed by atoms with Gasteiger partial charge < -0.3 is 10.4 Å². The van der Waals surface area contributed by atoms with Gasteiger partial charge in [0, 0.05) is 6.04 Å². The van der Waals surface area contributed by atoms with Crippen molar-refractivity contribution in [2.24, 2.45) is 0 Å². The molecule has 1 aliphatic heterocycles. The Morgan fingerprint density at radius 1 is 1.26 bits per heavy atom. The molecule has 2 heteroatoms. The van der Waals surface area contributed by atoms with Gasteiger partial charge in [0.15, 0.2) is 0 Å². The van der Waals surface area contributed by atoms with Gasteiger partial charge in [-0.1, -0.05) is 33.3 Å². The number of aromatic hydroxyl groups is 1. The van der Waals surface area contributed by atoms with E-state index >= 15 is 0 Å². The van der Waals surface area contributed by atoms with Crippen LogP contribution in [0.2, 0.25) is 0 Å². The van der Waals surface area contributed by atoms with Crippen molar-refractivity contribution in [2.45, 2.75) is 64.8 Å². The van der Waals surface area contributed by atoms with E-state index in [9.17, 15) is 5.11 Å². The molecule has 1 heterocycles. The summed E-state index contributed by atoms with van der Waals surface area (Å²) in [5.74, 6) is 0.448. The van der Waals surface area contributed by atoms with Crippen LogP contribution in [0, 0.1) is 6.92 Å². The van der Waals surface area contributed by atoms with Crippen LogP contribution in [-0.2, 0) is 11.8 Å². The fourth-order valence-corrected chi connectivity index (χ4v) is 2.92. The molecule has 0 saturated carbocycles. The molecule has 1 saturated heterocycles. The fourth-order valence-electron chi connectivity index (χ4n) is 2.92. The van der Waals surface area contributed by atoms with E-state index in [-0.39, 0.29) is 5.41 Å². The number of nitrogens with one attached hydrogen (secondary N) is 1. The lowest BCUT2D eigenvalue weighted by Crippen LogP contribution is -2.35. The predicted octanol–water partition coefficient (Wildman–Crippen LogP) is 3.68. The summed E-state index contributed by atoms with van der Waals surface area (Å²) in [6.45, 7) is 9.72. The van der Waals surface area contributed by atoms with E-state index in [4.69, 9.17) is 0 Å². The highest BCUT2D eigenvalue weighted by Crippen LogP contribution is 2.33.